The molecule has 2 aromatic carbocycles. The lowest BCUT2D eigenvalue weighted by atomic mass is 10.1. The summed E-state index contributed by atoms with van der Waals surface area (Å²) in [4.78, 5) is 12.4. The molecule has 0 atom stereocenters. The third kappa shape index (κ3) is 3.66. The Bertz CT molecular complexity index is 674. The molecule has 0 radical (unpaired) electrons. The van der Waals surface area contributed by atoms with Crippen LogP contribution in [0.5, 0.6) is 23.0 Å². The second kappa shape index (κ2) is 7.40. The third-order valence-electron chi connectivity index (χ3n) is 3.25. The average molecular weight is 317 g/mol. The van der Waals surface area contributed by atoms with E-state index in [1.165, 1.54) is 21.3 Å². The van der Waals surface area contributed by atoms with E-state index in [0.717, 1.165) is 0 Å². The number of rotatable bonds is 6. The fourth-order valence-electron chi connectivity index (χ4n) is 2.12. The Labute approximate surface area is 134 Å². The largest absolute Gasteiger partial charge is 0.497 e. The van der Waals surface area contributed by atoms with Crippen LogP contribution in [0.4, 0.5) is 5.69 Å². The normalized spacial score (nSPS) is 9.91. The van der Waals surface area contributed by atoms with Crippen LogP contribution in [-0.4, -0.2) is 34.3 Å². The third-order valence-corrected chi connectivity index (χ3v) is 3.25. The molecule has 0 bridgehead atoms. The fraction of sp³-hybridized carbons (Fsp3) is 0.235. The molecule has 0 aliphatic rings. The Hall–Kier alpha value is -2.89. The molecule has 2 aromatic rings. The average Bonchev–Trinajstić information content (AvgIpc) is 2.60. The van der Waals surface area contributed by atoms with Gasteiger partial charge in [0.2, 0.25) is 5.75 Å². The zero-order valence-electron chi connectivity index (χ0n) is 13.5. The number of carbonyl (C=O) groups excluding carboxylic acids is 1. The predicted octanol–water partition coefficient (Wildman–Crippen LogP) is 2.97. The van der Waals surface area contributed by atoms with Gasteiger partial charge in [-0.3, -0.25) is 4.79 Å². The van der Waals surface area contributed by atoms with Crippen LogP contribution in [0.1, 0.15) is 10.4 Å². The molecule has 0 aliphatic carbocycles. The highest BCUT2D eigenvalue weighted by Gasteiger charge is 2.17. The summed E-state index contributed by atoms with van der Waals surface area (Å²) in [6, 6.07) is 10.3. The van der Waals surface area contributed by atoms with Gasteiger partial charge < -0.3 is 24.3 Å². The molecule has 0 aliphatic heterocycles. The Morgan fingerprint density at radius 1 is 0.870 bits per heavy atom. The van der Waals surface area contributed by atoms with Gasteiger partial charge in [0.1, 0.15) is 5.75 Å². The molecule has 6 heteroatoms. The Morgan fingerprint density at radius 2 is 1.52 bits per heavy atom. The lowest BCUT2D eigenvalue weighted by Crippen LogP contribution is -2.12. The van der Waals surface area contributed by atoms with Crippen molar-refractivity contribution in [2.24, 2.45) is 0 Å². The fourth-order valence-corrected chi connectivity index (χ4v) is 2.12. The molecule has 1 amide bonds. The van der Waals surface area contributed by atoms with Crippen molar-refractivity contribution < 1.29 is 23.7 Å². The monoisotopic (exact) mass is 317 g/mol. The first-order chi connectivity index (χ1) is 11.1. The van der Waals surface area contributed by atoms with Crippen LogP contribution in [0, 0.1) is 0 Å². The SMILES string of the molecule is COc1cccc(NC(=O)c2cc(OC)c(OC)c(OC)c2)c1. The van der Waals surface area contributed by atoms with Crippen molar-refractivity contribution in [2.45, 2.75) is 0 Å². The summed E-state index contributed by atoms with van der Waals surface area (Å²) in [5.41, 5.74) is 1.02. The van der Waals surface area contributed by atoms with Crippen LogP contribution < -0.4 is 24.3 Å². The number of hydrogen-bond donors (Lipinski definition) is 1. The number of benzene rings is 2. The molecule has 122 valence electrons. The summed E-state index contributed by atoms with van der Waals surface area (Å²) < 4.78 is 20.9. The molecule has 0 fully saturated rings. The molecule has 23 heavy (non-hydrogen) atoms. The van der Waals surface area contributed by atoms with E-state index in [-0.39, 0.29) is 5.91 Å². The predicted molar refractivity (Wildman–Crippen MR) is 87.0 cm³/mol. The first-order valence-electron chi connectivity index (χ1n) is 6.88. The van der Waals surface area contributed by atoms with Crippen LogP contribution in [0.2, 0.25) is 0 Å². The van der Waals surface area contributed by atoms with Crippen LogP contribution >= 0.6 is 0 Å². The summed E-state index contributed by atoms with van der Waals surface area (Å²) in [6.45, 7) is 0. The lowest BCUT2D eigenvalue weighted by Gasteiger charge is -2.14. The second-order valence-electron chi connectivity index (χ2n) is 4.60. The van der Waals surface area contributed by atoms with Gasteiger partial charge in [0.15, 0.2) is 11.5 Å². The minimum Gasteiger partial charge on any atom is -0.497 e. The molecule has 0 saturated carbocycles. The van der Waals surface area contributed by atoms with Crippen molar-refractivity contribution in [3.63, 3.8) is 0 Å². The first-order valence-corrected chi connectivity index (χ1v) is 6.88. The molecule has 2 rings (SSSR count). The second-order valence-corrected chi connectivity index (χ2v) is 4.60. The molecule has 1 N–H and O–H groups in total. The number of amides is 1. The number of methoxy groups -OCH3 is 4. The van der Waals surface area contributed by atoms with Gasteiger partial charge in [-0.1, -0.05) is 6.07 Å². The quantitative estimate of drug-likeness (QED) is 0.887. The standard InChI is InChI=1S/C17H19NO5/c1-20-13-7-5-6-12(10-13)18-17(19)11-8-14(21-2)16(23-4)15(9-11)22-3/h5-10H,1-4H3,(H,18,19). The van der Waals surface area contributed by atoms with Crippen LogP contribution in [0.15, 0.2) is 36.4 Å². The van der Waals surface area contributed by atoms with Gasteiger partial charge in [-0.2, -0.15) is 0 Å². The van der Waals surface area contributed by atoms with Crippen molar-refractivity contribution in [1.82, 2.24) is 0 Å². The van der Waals surface area contributed by atoms with E-state index >= 15 is 0 Å². The van der Waals surface area contributed by atoms with Crippen molar-refractivity contribution in [3.05, 3.63) is 42.0 Å². The highest BCUT2D eigenvalue weighted by molar-refractivity contribution is 6.05. The molecule has 0 aromatic heterocycles. The highest BCUT2D eigenvalue weighted by Crippen LogP contribution is 2.38. The molecular weight excluding hydrogens is 298 g/mol. The lowest BCUT2D eigenvalue weighted by molar-refractivity contribution is 0.102. The number of ether oxygens (including phenoxy) is 4. The molecule has 0 spiro atoms. The van der Waals surface area contributed by atoms with Crippen molar-refractivity contribution in [2.75, 3.05) is 33.8 Å². The molecular formula is C17H19NO5. The summed E-state index contributed by atoms with van der Waals surface area (Å²) in [5, 5.41) is 2.80. The zero-order valence-corrected chi connectivity index (χ0v) is 13.5. The summed E-state index contributed by atoms with van der Waals surface area (Å²) in [7, 11) is 6.08. The van der Waals surface area contributed by atoms with E-state index in [2.05, 4.69) is 5.32 Å². The number of anilines is 1. The maximum absolute atomic E-state index is 12.4. The Morgan fingerprint density at radius 3 is 2.04 bits per heavy atom. The van der Waals surface area contributed by atoms with E-state index in [9.17, 15) is 4.79 Å². The number of nitrogens with one attached hydrogen (secondary N) is 1. The van der Waals surface area contributed by atoms with Crippen molar-refractivity contribution in [3.8, 4) is 23.0 Å². The zero-order chi connectivity index (χ0) is 16.8. The van der Waals surface area contributed by atoms with Crippen molar-refractivity contribution >= 4 is 11.6 Å². The van der Waals surface area contributed by atoms with Gasteiger partial charge in [0.05, 0.1) is 28.4 Å². The van der Waals surface area contributed by atoms with Gasteiger partial charge in [-0.05, 0) is 24.3 Å². The smallest absolute Gasteiger partial charge is 0.255 e. The molecule has 6 nitrogen and oxygen atoms in total. The van der Waals surface area contributed by atoms with Gasteiger partial charge in [0, 0.05) is 17.3 Å². The molecule has 0 heterocycles. The topological polar surface area (TPSA) is 66.0 Å². The maximum Gasteiger partial charge on any atom is 0.255 e. The van der Waals surface area contributed by atoms with Crippen LogP contribution in [-0.2, 0) is 0 Å². The van der Waals surface area contributed by atoms with E-state index in [1.807, 2.05) is 0 Å². The summed E-state index contributed by atoms with van der Waals surface area (Å²) in [5.74, 6) is 1.64. The van der Waals surface area contributed by atoms with Crippen LogP contribution in [0.25, 0.3) is 0 Å². The van der Waals surface area contributed by atoms with Gasteiger partial charge >= 0.3 is 0 Å². The first kappa shape index (κ1) is 16.5. The summed E-state index contributed by atoms with van der Waals surface area (Å²) >= 11 is 0. The number of hydrogen-bond acceptors (Lipinski definition) is 5. The minimum absolute atomic E-state index is 0.294. The minimum atomic E-state index is -0.294. The summed E-state index contributed by atoms with van der Waals surface area (Å²) in [6.07, 6.45) is 0. The van der Waals surface area contributed by atoms with E-state index in [0.29, 0.717) is 34.2 Å². The number of carbonyl (C=O) groups is 1. The van der Waals surface area contributed by atoms with Gasteiger partial charge in [0.25, 0.3) is 5.91 Å². The van der Waals surface area contributed by atoms with E-state index < -0.39 is 0 Å². The maximum atomic E-state index is 12.4. The van der Waals surface area contributed by atoms with Gasteiger partial charge in [-0.15, -0.1) is 0 Å². The van der Waals surface area contributed by atoms with Gasteiger partial charge in [-0.25, -0.2) is 0 Å². The highest BCUT2D eigenvalue weighted by atomic mass is 16.5. The Balaban J connectivity index is 2.31. The van der Waals surface area contributed by atoms with E-state index in [4.69, 9.17) is 18.9 Å². The molecule has 0 unspecified atom stereocenters. The van der Waals surface area contributed by atoms with Crippen LogP contribution in [0.3, 0.4) is 0 Å². The molecule has 0 saturated heterocycles. The Kier molecular flexibility index (Phi) is 5.30. The van der Waals surface area contributed by atoms with E-state index in [1.54, 1.807) is 43.5 Å². The van der Waals surface area contributed by atoms with Crippen molar-refractivity contribution in [1.29, 1.82) is 0 Å².